The minimum Gasteiger partial charge on any atom is -0.478 e. The van der Waals surface area contributed by atoms with Gasteiger partial charge in [0.2, 0.25) is 5.91 Å². The molecule has 1 unspecified atom stereocenters. The maximum Gasteiger partial charge on any atom is 0.338 e. The lowest BCUT2D eigenvalue weighted by molar-refractivity contribution is -0.119. The Hall–Kier alpha value is -2.22. The molecular formula is C12H11BrN4O3. The van der Waals surface area contributed by atoms with Gasteiger partial charge in [0.15, 0.2) is 0 Å². The van der Waals surface area contributed by atoms with Crippen molar-refractivity contribution >= 4 is 33.6 Å². The van der Waals surface area contributed by atoms with Gasteiger partial charge in [0.05, 0.1) is 11.8 Å². The first-order valence-electron chi connectivity index (χ1n) is 5.67. The highest BCUT2D eigenvalue weighted by molar-refractivity contribution is 9.10. The standard InChI is InChI=1S/C12H11BrN4O3/c1-7(17-6-8(4-15-17)12(19)20)11(18)16-10-3-2-9(13)5-14-10/h2-7H,1H3,(H,19,20)(H,14,16,18). The number of nitrogens with zero attached hydrogens (tertiary/aromatic N) is 3. The SMILES string of the molecule is CC(C(=O)Nc1ccc(Br)cn1)n1cc(C(=O)O)cn1. The van der Waals surface area contributed by atoms with Crippen LogP contribution in [0.2, 0.25) is 0 Å². The number of rotatable bonds is 4. The van der Waals surface area contributed by atoms with E-state index in [4.69, 9.17) is 5.11 Å². The molecule has 20 heavy (non-hydrogen) atoms. The fourth-order valence-electron chi connectivity index (χ4n) is 1.46. The van der Waals surface area contributed by atoms with Crippen molar-refractivity contribution in [1.29, 1.82) is 0 Å². The van der Waals surface area contributed by atoms with Crippen molar-refractivity contribution in [2.45, 2.75) is 13.0 Å². The number of carbonyl (C=O) groups is 2. The van der Waals surface area contributed by atoms with Gasteiger partial charge in [-0.15, -0.1) is 0 Å². The first-order valence-corrected chi connectivity index (χ1v) is 6.46. The number of anilines is 1. The summed E-state index contributed by atoms with van der Waals surface area (Å²) in [5.74, 6) is -1.01. The van der Waals surface area contributed by atoms with Crippen LogP contribution in [0.5, 0.6) is 0 Å². The van der Waals surface area contributed by atoms with E-state index in [2.05, 4.69) is 31.3 Å². The highest BCUT2D eigenvalue weighted by Gasteiger charge is 2.18. The number of pyridine rings is 1. The fourth-order valence-corrected chi connectivity index (χ4v) is 1.70. The first kappa shape index (κ1) is 14.2. The monoisotopic (exact) mass is 338 g/mol. The number of hydrogen-bond donors (Lipinski definition) is 2. The number of nitrogens with one attached hydrogen (secondary N) is 1. The maximum atomic E-state index is 12.0. The molecule has 2 aromatic rings. The number of carboxylic acids is 1. The van der Waals surface area contributed by atoms with Crippen molar-refractivity contribution in [3.8, 4) is 0 Å². The lowest BCUT2D eigenvalue weighted by atomic mass is 10.3. The molecule has 1 amide bonds. The van der Waals surface area contributed by atoms with Crippen LogP contribution in [0.4, 0.5) is 5.82 Å². The zero-order chi connectivity index (χ0) is 14.7. The van der Waals surface area contributed by atoms with Gasteiger partial charge >= 0.3 is 5.97 Å². The Kier molecular flexibility index (Phi) is 4.14. The Morgan fingerprint density at radius 2 is 2.15 bits per heavy atom. The molecule has 0 aromatic carbocycles. The number of carboxylic acid groups (broad SMARTS) is 1. The molecule has 0 aliphatic rings. The number of aromatic carboxylic acids is 1. The van der Waals surface area contributed by atoms with Gasteiger partial charge in [0.25, 0.3) is 0 Å². The van der Waals surface area contributed by atoms with Gasteiger partial charge in [-0.25, -0.2) is 9.78 Å². The van der Waals surface area contributed by atoms with E-state index in [-0.39, 0.29) is 11.5 Å². The second kappa shape index (κ2) is 5.83. The van der Waals surface area contributed by atoms with Crippen LogP contribution in [-0.4, -0.2) is 31.7 Å². The molecule has 0 aliphatic carbocycles. The van der Waals surface area contributed by atoms with Crippen LogP contribution in [0.25, 0.3) is 0 Å². The summed E-state index contributed by atoms with van der Waals surface area (Å²) in [6.07, 6.45) is 4.07. The summed E-state index contributed by atoms with van der Waals surface area (Å²) in [7, 11) is 0. The summed E-state index contributed by atoms with van der Waals surface area (Å²) in [4.78, 5) is 26.8. The number of aromatic nitrogens is 3. The quantitative estimate of drug-likeness (QED) is 0.887. The molecule has 8 heteroatoms. The van der Waals surface area contributed by atoms with Gasteiger partial charge in [-0.05, 0) is 35.0 Å². The average molecular weight is 339 g/mol. The fraction of sp³-hybridized carbons (Fsp3) is 0.167. The highest BCUT2D eigenvalue weighted by Crippen LogP contribution is 2.13. The third-order valence-electron chi connectivity index (χ3n) is 2.60. The predicted molar refractivity (Wildman–Crippen MR) is 74.5 cm³/mol. The van der Waals surface area contributed by atoms with Crippen LogP contribution in [0.3, 0.4) is 0 Å². The van der Waals surface area contributed by atoms with Crippen LogP contribution >= 0.6 is 15.9 Å². The molecule has 0 radical (unpaired) electrons. The van der Waals surface area contributed by atoms with E-state index in [9.17, 15) is 9.59 Å². The Balaban J connectivity index is 2.07. The van der Waals surface area contributed by atoms with Crippen LogP contribution in [0.1, 0.15) is 23.3 Å². The smallest absolute Gasteiger partial charge is 0.338 e. The number of amides is 1. The zero-order valence-electron chi connectivity index (χ0n) is 10.4. The summed E-state index contributed by atoms with van der Waals surface area (Å²) in [6.45, 7) is 1.62. The average Bonchev–Trinajstić information content (AvgIpc) is 2.90. The van der Waals surface area contributed by atoms with Crippen LogP contribution < -0.4 is 5.32 Å². The molecule has 0 saturated carbocycles. The molecule has 1 atom stereocenters. The van der Waals surface area contributed by atoms with Gasteiger partial charge in [-0.1, -0.05) is 0 Å². The molecule has 2 N–H and O–H groups in total. The van der Waals surface area contributed by atoms with Gasteiger partial charge in [0.1, 0.15) is 11.9 Å². The summed E-state index contributed by atoms with van der Waals surface area (Å²) < 4.78 is 2.10. The van der Waals surface area contributed by atoms with Crippen molar-refractivity contribution < 1.29 is 14.7 Å². The Morgan fingerprint density at radius 1 is 1.40 bits per heavy atom. The topological polar surface area (TPSA) is 97.1 Å². The van der Waals surface area contributed by atoms with Crippen molar-refractivity contribution in [2.24, 2.45) is 0 Å². The van der Waals surface area contributed by atoms with Gasteiger partial charge < -0.3 is 10.4 Å². The van der Waals surface area contributed by atoms with Gasteiger partial charge in [-0.3, -0.25) is 9.48 Å². The minimum absolute atomic E-state index is 0.0337. The third-order valence-corrected chi connectivity index (χ3v) is 3.07. The number of hydrogen-bond acceptors (Lipinski definition) is 4. The summed E-state index contributed by atoms with van der Waals surface area (Å²) >= 11 is 3.25. The molecule has 0 aliphatic heterocycles. The Morgan fingerprint density at radius 3 is 2.70 bits per heavy atom. The highest BCUT2D eigenvalue weighted by atomic mass is 79.9. The van der Waals surface area contributed by atoms with Crippen molar-refractivity contribution in [1.82, 2.24) is 14.8 Å². The number of halogens is 1. The Labute approximate surface area is 122 Å². The van der Waals surface area contributed by atoms with E-state index in [1.807, 2.05) is 0 Å². The minimum atomic E-state index is -1.08. The van der Waals surface area contributed by atoms with E-state index in [0.29, 0.717) is 5.82 Å². The second-order valence-corrected chi connectivity index (χ2v) is 4.96. The lowest BCUT2D eigenvalue weighted by Crippen LogP contribution is -2.24. The van der Waals surface area contributed by atoms with E-state index in [0.717, 1.165) is 4.47 Å². The van der Waals surface area contributed by atoms with Gasteiger partial charge in [-0.2, -0.15) is 5.10 Å². The molecule has 0 bridgehead atoms. The molecular weight excluding hydrogens is 328 g/mol. The molecule has 104 valence electrons. The molecule has 0 spiro atoms. The predicted octanol–water partition coefficient (Wildman–Crippen LogP) is 1.94. The summed E-state index contributed by atoms with van der Waals surface area (Å²) in [5, 5.41) is 15.3. The second-order valence-electron chi connectivity index (χ2n) is 4.04. The third kappa shape index (κ3) is 3.21. The normalized spacial score (nSPS) is 11.9. The molecule has 0 fully saturated rings. The molecule has 2 heterocycles. The summed E-state index contributed by atoms with van der Waals surface area (Å²) in [5.41, 5.74) is 0.0337. The molecule has 0 saturated heterocycles. The van der Waals surface area contributed by atoms with Crippen molar-refractivity contribution in [2.75, 3.05) is 5.32 Å². The van der Waals surface area contributed by atoms with Crippen LogP contribution in [-0.2, 0) is 4.79 Å². The zero-order valence-corrected chi connectivity index (χ0v) is 12.0. The van der Waals surface area contributed by atoms with Crippen LogP contribution in [0.15, 0.2) is 35.2 Å². The molecule has 2 rings (SSSR count). The molecule has 2 aromatic heterocycles. The molecule has 7 nitrogen and oxygen atoms in total. The van der Waals surface area contributed by atoms with Crippen LogP contribution in [0, 0.1) is 0 Å². The summed E-state index contributed by atoms with van der Waals surface area (Å²) in [6, 6.07) is 2.76. The first-order chi connectivity index (χ1) is 9.47. The van der Waals surface area contributed by atoms with E-state index in [1.54, 1.807) is 25.3 Å². The Bertz CT molecular complexity index is 638. The van der Waals surface area contributed by atoms with Crippen molar-refractivity contribution in [3.63, 3.8) is 0 Å². The number of carbonyl (C=O) groups excluding carboxylic acids is 1. The largest absolute Gasteiger partial charge is 0.478 e. The van der Waals surface area contributed by atoms with E-state index >= 15 is 0 Å². The van der Waals surface area contributed by atoms with E-state index in [1.165, 1.54) is 17.1 Å². The van der Waals surface area contributed by atoms with E-state index < -0.39 is 12.0 Å². The van der Waals surface area contributed by atoms with Crippen molar-refractivity contribution in [3.05, 3.63) is 40.8 Å². The maximum absolute atomic E-state index is 12.0. The lowest BCUT2D eigenvalue weighted by Gasteiger charge is -2.12. The van der Waals surface area contributed by atoms with Gasteiger partial charge in [0, 0.05) is 16.9 Å².